The van der Waals surface area contributed by atoms with Crippen LogP contribution in [0.25, 0.3) is 0 Å². The molecule has 0 atom stereocenters. The highest BCUT2D eigenvalue weighted by molar-refractivity contribution is 7.90. The molecular weight excluding hydrogens is 423 g/mol. The third-order valence-electron chi connectivity index (χ3n) is 4.41. The van der Waals surface area contributed by atoms with Crippen LogP contribution in [0.5, 0.6) is 0 Å². The molecule has 0 saturated carbocycles. The lowest BCUT2D eigenvalue weighted by Crippen LogP contribution is -2.44. The largest absolute Gasteiger partial charge is 0.352 e. The van der Waals surface area contributed by atoms with Gasteiger partial charge >= 0.3 is 10.2 Å². The Bertz CT molecular complexity index is 1030. The van der Waals surface area contributed by atoms with E-state index in [0.29, 0.717) is 10.8 Å². The Morgan fingerprint density at radius 1 is 1.03 bits per heavy atom. The van der Waals surface area contributed by atoms with Crippen molar-refractivity contribution in [1.29, 1.82) is 0 Å². The van der Waals surface area contributed by atoms with E-state index in [0.717, 1.165) is 23.2 Å². The zero-order valence-corrected chi connectivity index (χ0v) is 18.6. The van der Waals surface area contributed by atoms with E-state index in [1.54, 1.807) is 24.3 Å². The molecule has 2 aromatic rings. The Labute approximate surface area is 182 Å². The summed E-state index contributed by atoms with van der Waals surface area (Å²) >= 11 is 0. The van der Waals surface area contributed by atoms with Gasteiger partial charge in [-0.15, -0.1) is 0 Å². The number of amides is 2. The molecule has 2 amide bonds. The van der Waals surface area contributed by atoms with Crippen molar-refractivity contribution in [2.24, 2.45) is 0 Å². The Kier molecular flexibility index (Phi) is 8.52. The summed E-state index contributed by atoms with van der Waals surface area (Å²) in [7, 11) is -1.58. The Morgan fingerprint density at radius 2 is 1.68 bits per heavy atom. The van der Waals surface area contributed by atoms with Crippen molar-refractivity contribution in [2.75, 3.05) is 36.8 Å². The minimum atomic E-state index is -4.16. The maximum absolute atomic E-state index is 14.3. The molecule has 8 nitrogen and oxygen atoms in total. The van der Waals surface area contributed by atoms with Gasteiger partial charge in [0.1, 0.15) is 12.4 Å². The smallest absolute Gasteiger partial charge is 0.304 e. The van der Waals surface area contributed by atoms with Crippen LogP contribution in [-0.4, -0.2) is 51.7 Å². The van der Waals surface area contributed by atoms with E-state index in [1.165, 1.54) is 32.3 Å². The lowest BCUT2D eigenvalue weighted by Gasteiger charge is -2.27. The number of hydrogen-bond acceptors (Lipinski definition) is 4. The van der Waals surface area contributed by atoms with Gasteiger partial charge in [-0.1, -0.05) is 37.6 Å². The quantitative estimate of drug-likeness (QED) is 0.544. The summed E-state index contributed by atoms with van der Waals surface area (Å²) in [5.74, 6) is -1.85. The molecule has 0 aliphatic carbocycles. The van der Waals surface area contributed by atoms with Crippen molar-refractivity contribution in [3.8, 4) is 0 Å². The number of unbranched alkanes of at least 4 members (excludes halogenated alkanes) is 1. The van der Waals surface area contributed by atoms with E-state index < -0.39 is 28.5 Å². The first kappa shape index (κ1) is 24.3. The number of anilines is 2. The van der Waals surface area contributed by atoms with Crippen LogP contribution in [0.2, 0.25) is 0 Å². The molecule has 2 aromatic carbocycles. The van der Waals surface area contributed by atoms with Crippen molar-refractivity contribution in [2.45, 2.75) is 19.8 Å². The van der Waals surface area contributed by atoms with Crippen LogP contribution < -0.4 is 14.9 Å². The summed E-state index contributed by atoms with van der Waals surface area (Å²) < 4.78 is 41.4. The van der Waals surface area contributed by atoms with E-state index in [2.05, 4.69) is 10.6 Å². The third kappa shape index (κ3) is 6.25. The van der Waals surface area contributed by atoms with E-state index >= 15 is 0 Å². The van der Waals surface area contributed by atoms with Gasteiger partial charge in [0.05, 0.1) is 16.9 Å². The maximum atomic E-state index is 14.3. The summed E-state index contributed by atoms with van der Waals surface area (Å²) in [6, 6.07) is 11.7. The summed E-state index contributed by atoms with van der Waals surface area (Å²) in [5.41, 5.74) is 0.231. The zero-order valence-electron chi connectivity index (χ0n) is 17.8. The van der Waals surface area contributed by atoms with Gasteiger partial charge in [0, 0.05) is 20.6 Å². The number of hydrogen-bond donors (Lipinski definition) is 2. The topological polar surface area (TPSA) is 98.8 Å². The molecule has 0 saturated heterocycles. The molecule has 2 N–H and O–H groups in total. The molecule has 31 heavy (non-hydrogen) atoms. The Hall–Kier alpha value is -2.98. The highest BCUT2D eigenvalue weighted by Gasteiger charge is 2.29. The minimum Gasteiger partial charge on any atom is -0.352 e. The van der Waals surface area contributed by atoms with Crippen LogP contribution in [0.1, 0.15) is 30.1 Å². The lowest BCUT2D eigenvalue weighted by atomic mass is 10.1. The van der Waals surface area contributed by atoms with Crippen molar-refractivity contribution in [1.82, 2.24) is 9.62 Å². The Balaban J connectivity index is 2.27. The fourth-order valence-corrected chi connectivity index (χ4v) is 3.80. The molecular formula is C21H27FN4O4S. The molecule has 2 rings (SSSR count). The minimum absolute atomic E-state index is 0.234. The predicted molar refractivity (Wildman–Crippen MR) is 119 cm³/mol. The monoisotopic (exact) mass is 450 g/mol. The summed E-state index contributed by atoms with van der Waals surface area (Å²) in [4.78, 5) is 25.2. The van der Waals surface area contributed by atoms with Gasteiger partial charge in [-0.05, 0) is 30.7 Å². The molecule has 10 heteroatoms. The average Bonchev–Trinajstić information content (AvgIpc) is 2.73. The third-order valence-corrected chi connectivity index (χ3v) is 6.22. The number of carbonyl (C=O) groups excluding carboxylic acids is 2. The van der Waals surface area contributed by atoms with Crippen molar-refractivity contribution < 1.29 is 22.4 Å². The second-order valence-electron chi connectivity index (χ2n) is 6.95. The van der Waals surface area contributed by atoms with Crippen LogP contribution >= 0.6 is 0 Å². The van der Waals surface area contributed by atoms with Crippen LogP contribution in [-0.2, 0) is 15.0 Å². The number of benzene rings is 2. The van der Waals surface area contributed by atoms with Gasteiger partial charge in [-0.3, -0.25) is 9.59 Å². The summed E-state index contributed by atoms with van der Waals surface area (Å²) in [5, 5.41) is 5.34. The van der Waals surface area contributed by atoms with Gasteiger partial charge in [0.25, 0.3) is 5.91 Å². The standard InChI is InChI=1S/C21H27FN4O4S/c1-4-5-14-23-21(28)16-10-6-8-12-18(16)24-20(27)15-26(31(29,30)25(2)3)19-13-9-7-11-17(19)22/h6-13H,4-5,14-15H2,1-3H3,(H,23,28)(H,24,27). The maximum Gasteiger partial charge on any atom is 0.304 e. The number of rotatable bonds is 10. The number of halogens is 1. The molecule has 168 valence electrons. The first-order chi connectivity index (χ1) is 14.7. The highest BCUT2D eigenvalue weighted by atomic mass is 32.2. The average molecular weight is 451 g/mol. The number of carbonyl (C=O) groups is 2. The van der Waals surface area contributed by atoms with Gasteiger partial charge < -0.3 is 10.6 Å². The molecule has 0 fully saturated rings. The second kappa shape index (κ2) is 10.9. The Morgan fingerprint density at radius 3 is 2.32 bits per heavy atom. The summed E-state index contributed by atoms with van der Waals surface area (Å²) in [6.07, 6.45) is 1.74. The van der Waals surface area contributed by atoms with Crippen molar-refractivity contribution in [3.05, 3.63) is 59.9 Å². The van der Waals surface area contributed by atoms with Crippen LogP contribution in [0.3, 0.4) is 0 Å². The van der Waals surface area contributed by atoms with Crippen LogP contribution in [0.4, 0.5) is 15.8 Å². The van der Waals surface area contributed by atoms with E-state index in [-0.39, 0.29) is 22.8 Å². The van der Waals surface area contributed by atoms with Gasteiger partial charge in [0.15, 0.2) is 0 Å². The van der Waals surface area contributed by atoms with Crippen LogP contribution in [0, 0.1) is 5.82 Å². The fourth-order valence-electron chi connectivity index (χ4n) is 2.73. The van der Waals surface area contributed by atoms with E-state index in [9.17, 15) is 22.4 Å². The molecule has 0 aliphatic rings. The first-order valence-corrected chi connectivity index (χ1v) is 11.2. The number of nitrogens with zero attached hydrogens (tertiary/aromatic N) is 2. The normalized spacial score (nSPS) is 11.3. The molecule has 0 unspecified atom stereocenters. The van der Waals surface area contributed by atoms with Gasteiger partial charge in [0.2, 0.25) is 5.91 Å². The second-order valence-corrected chi connectivity index (χ2v) is 9.02. The summed E-state index contributed by atoms with van der Waals surface area (Å²) in [6.45, 7) is 1.83. The SMILES string of the molecule is CCCCNC(=O)c1ccccc1NC(=O)CN(c1ccccc1F)S(=O)(=O)N(C)C. The van der Waals surface area contributed by atoms with Gasteiger partial charge in [-0.2, -0.15) is 12.7 Å². The molecule has 0 heterocycles. The molecule has 0 radical (unpaired) electrons. The lowest BCUT2D eigenvalue weighted by molar-refractivity contribution is -0.114. The predicted octanol–water partition coefficient (Wildman–Crippen LogP) is 2.61. The van der Waals surface area contributed by atoms with E-state index in [4.69, 9.17) is 0 Å². The van der Waals surface area contributed by atoms with Crippen molar-refractivity contribution in [3.63, 3.8) is 0 Å². The van der Waals surface area contributed by atoms with Gasteiger partial charge in [-0.25, -0.2) is 8.70 Å². The van der Waals surface area contributed by atoms with E-state index in [1.807, 2.05) is 6.92 Å². The number of para-hydroxylation sites is 2. The van der Waals surface area contributed by atoms with Crippen LogP contribution in [0.15, 0.2) is 48.5 Å². The van der Waals surface area contributed by atoms with Crippen molar-refractivity contribution >= 4 is 33.4 Å². The molecule has 0 aromatic heterocycles. The number of nitrogens with one attached hydrogen (secondary N) is 2. The fraction of sp³-hybridized carbons (Fsp3) is 0.333. The molecule has 0 bridgehead atoms. The first-order valence-electron chi connectivity index (χ1n) is 9.80. The zero-order chi connectivity index (χ0) is 23.0. The highest BCUT2D eigenvalue weighted by Crippen LogP contribution is 2.23. The molecule has 0 spiro atoms. The molecule has 0 aliphatic heterocycles.